The second kappa shape index (κ2) is 9.98. The van der Waals surface area contributed by atoms with E-state index >= 15 is 0 Å². The van der Waals surface area contributed by atoms with Crippen LogP contribution in [0.1, 0.15) is 32.2 Å². The molecule has 0 spiro atoms. The van der Waals surface area contributed by atoms with Crippen LogP contribution in [-0.2, 0) is 6.61 Å². The first-order valence-electron chi connectivity index (χ1n) is 10.0. The maximum atomic E-state index is 12.4. The molecule has 3 aromatic carbocycles. The van der Waals surface area contributed by atoms with E-state index in [1.165, 1.54) is 6.07 Å². The topological polar surface area (TPSA) is 102 Å². The summed E-state index contributed by atoms with van der Waals surface area (Å²) >= 11 is 0. The van der Waals surface area contributed by atoms with Crippen LogP contribution in [0.15, 0.2) is 95.4 Å². The first-order chi connectivity index (χ1) is 16.1. The maximum absolute atomic E-state index is 12.4. The summed E-state index contributed by atoms with van der Waals surface area (Å²) < 4.78 is 16.4. The largest absolute Gasteiger partial charge is 0.484 e. The summed E-state index contributed by atoms with van der Waals surface area (Å²) in [5.41, 5.74) is 1.52. The lowest BCUT2D eigenvalue weighted by Crippen LogP contribution is -2.11. The molecule has 1 N–H and O–H groups in total. The number of benzene rings is 3. The molecule has 33 heavy (non-hydrogen) atoms. The van der Waals surface area contributed by atoms with Gasteiger partial charge in [-0.2, -0.15) is 5.26 Å². The van der Waals surface area contributed by atoms with Gasteiger partial charge in [-0.15, -0.1) is 0 Å². The zero-order chi connectivity index (χ0) is 23.0. The van der Waals surface area contributed by atoms with E-state index < -0.39 is 5.97 Å². The summed E-state index contributed by atoms with van der Waals surface area (Å²) in [5, 5.41) is 11.9. The van der Waals surface area contributed by atoms with Crippen molar-refractivity contribution in [2.45, 2.75) is 6.61 Å². The number of anilines is 1. The monoisotopic (exact) mass is 438 g/mol. The third-order valence-corrected chi connectivity index (χ3v) is 4.60. The van der Waals surface area contributed by atoms with Crippen molar-refractivity contribution in [2.24, 2.45) is 0 Å². The Bertz CT molecular complexity index is 1300. The van der Waals surface area contributed by atoms with E-state index in [0.29, 0.717) is 34.1 Å². The molecule has 0 saturated heterocycles. The highest BCUT2D eigenvalue weighted by Gasteiger charge is 2.15. The Morgan fingerprint density at radius 1 is 0.879 bits per heavy atom. The molecule has 7 heteroatoms. The van der Waals surface area contributed by atoms with Gasteiger partial charge in [-0.25, -0.2) is 4.79 Å². The van der Waals surface area contributed by atoms with E-state index in [2.05, 4.69) is 11.4 Å². The maximum Gasteiger partial charge on any atom is 0.379 e. The van der Waals surface area contributed by atoms with Crippen molar-refractivity contribution in [3.63, 3.8) is 0 Å². The van der Waals surface area contributed by atoms with Crippen molar-refractivity contribution in [1.29, 1.82) is 5.26 Å². The Morgan fingerprint density at radius 2 is 1.61 bits per heavy atom. The molecule has 0 aliphatic carbocycles. The molecule has 0 bridgehead atoms. The number of hydrogen-bond acceptors (Lipinski definition) is 6. The van der Waals surface area contributed by atoms with Crippen molar-refractivity contribution in [2.75, 3.05) is 5.32 Å². The summed E-state index contributed by atoms with van der Waals surface area (Å²) in [6.45, 7) is 0.0573. The number of furan rings is 1. The van der Waals surface area contributed by atoms with Crippen LogP contribution in [0.25, 0.3) is 0 Å². The molecule has 0 aliphatic rings. The minimum Gasteiger partial charge on any atom is -0.484 e. The summed E-state index contributed by atoms with van der Waals surface area (Å²) in [4.78, 5) is 24.6. The fraction of sp³-hybridized carbons (Fsp3) is 0.0385. The lowest BCUT2D eigenvalue weighted by Gasteiger charge is -2.07. The van der Waals surface area contributed by atoms with Gasteiger partial charge in [-0.3, -0.25) is 4.79 Å². The molecule has 162 valence electrons. The Morgan fingerprint density at radius 3 is 2.36 bits per heavy atom. The van der Waals surface area contributed by atoms with Crippen LogP contribution >= 0.6 is 0 Å². The molecule has 1 amide bonds. The van der Waals surface area contributed by atoms with E-state index in [9.17, 15) is 9.59 Å². The van der Waals surface area contributed by atoms with Gasteiger partial charge in [0.2, 0.25) is 5.76 Å². The van der Waals surface area contributed by atoms with E-state index in [1.807, 2.05) is 6.07 Å². The fourth-order valence-corrected chi connectivity index (χ4v) is 2.96. The molecule has 7 nitrogen and oxygen atoms in total. The van der Waals surface area contributed by atoms with Gasteiger partial charge in [0.25, 0.3) is 5.91 Å². The molecule has 1 aromatic heterocycles. The molecule has 4 rings (SSSR count). The highest BCUT2D eigenvalue weighted by molar-refractivity contribution is 6.04. The smallest absolute Gasteiger partial charge is 0.379 e. The Labute approximate surface area is 189 Å². The van der Waals surface area contributed by atoms with Crippen molar-refractivity contribution >= 4 is 17.6 Å². The van der Waals surface area contributed by atoms with Crippen LogP contribution in [-0.4, -0.2) is 11.9 Å². The Hall–Kier alpha value is -4.83. The molecule has 4 aromatic rings. The zero-order valence-electron chi connectivity index (χ0n) is 17.4. The highest BCUT2D eigenvalue weighted by atomic mass is 16.5. The number of para-hydroxylation sites is 1. The number of carbonyl (C=O) groups is 2. The Kier molecular flexibility index (Phi) is 6.48. The Balaban J connectivity index is 1.32. The summed E-state index contributed by atoms with van der Waals surface area (Å²) in [5.74, 6) is 0.259. The first-order valence-corrected chi connectivity index (χ1v) is 10.0. The van der Waals surface area contributed by atoms with Crippen molar-refractivity contribution in [3.05, 3.63) is 114 Å². The minimum atomic E-state index is -0.667. The molecule has 0 atom stereocenters. The fourth-order valence-electron chi connectivity index (χ4n) is 2.96. The van der Waals surface area contributed by atoms with Crippen LogP contribution in [0.3, 0.4) is 0 Å². The molecule has 0 radical (unpaired) electrons. The number of rotatable bonds is 7. The molecule has 1 heterocycles. The number of nitriles is 1. The van der Waals surface area contributed by atoms with Crippen LogP contribution in [0, 0.1) is 11.3 Å². The van der Waals surface area contributed by atoms with Crippen LogP contribution in [0.4, 0.5) is 5.69 Å². The van der Waals surface area contributed by atoms with Gasteiger partial charge in [-0.1, -0.05) is 30.3 Å². The van der Waals surface area contributed by atoms with Gasteiger partial charge in [-0.05, 0) is 60.7 Å². The molecular formula is C26H18N2O5. The predicted octanol–water partition coefficient (Wildman–Crippen LogP) is 5.20. The third-order valence-electron chi connectivity index (χ3n) is 4.60. The number of nitrogens with one attached hydrogen (secondary N) is 1. The predicted molar refractivity (Wildman–Crippen MR) is 120 cm³/mol. The minimum absolute atomic E-state index is 0.0172. The standard InChI is InChI=1S/C26H18N2O5/c27-16-19-8-4-5-9-23(19)31-17-22-14-15-24(32-22)26(30)33-21-12-10-20(11-13-21)28-25(29)18-6-2-1-3-7-18/h1-15H,17H2,(H,28,29). The summed E-state index contributed by atoms with van der Waals surface area (Å²) in [6, 6.07) is 27.3. The van der Waals surface area contributed by atoms with E-state index in [1.54, 1.807) is 78.9 Å². The van der Waals surface area contributed by atoms with Gasteiger partial charge in [0, 0.05) is 11.3 Å². The van der Waals surface area contributed by atoms with Crippen LogP contribution in [0.5, 0.6) is 11.5 Å². The normalized spacial score (nSPS) is 10.2. The van der Waals surface area contributed by atoms with Gasteiger partial charge < -0.3 is 19.2 Å². The van der Waals surface area contributed by atoms with Crippen molar-refractivity contribution in [3.8, 4) is 17.6 Å². The van der Waals surface area contributed by atoms with Gasteiger partial charge in [0.15, 0.2) is 0 Å². The second-order valence-corrected chi connectivity index (χ2v) is 6.90. The lowest BCUT2D eigenvalue weighted by atomic mass is 10.2. The summed E-state index contributed by atoms with van der Waals surface area (Å²) in [6.07, 6.45) is 0. The van der Waals surface area contributed by atoms with Crippen molar-refractivity contribution in [1.82, 2.24) is 0 Å². The molecule has 0 fully saturated rings. The zero-order valence-corrected chi connectivity index (χ0v) is 17.4. The SMILES string of the molecule is N#Cc1ccccc1OCc1ccc(C(=O)Oc2ccc(NC(=O)c3ccccc3)cc2)o1. The lowest BCUT2D eigenvalue weighted by molar-refractivity contribution is 0.0697. The first kappa shape index (κ1) is 21.4. The van der Waals surface area contributed by atoms with Gasteiger partial charge in [0.05, 0.1) is 5.56 Å². The molecule has 0 unspecified atom stereocenters. The summed E-state index contributed by atoms with van der Waals surface area (Å²) in [7, 11) is 0. The van der Waals surface area contributed by atoms with Crippen LogP contribution < -0.4 is 14.8 Å². The number of hydrogen-bond donors (Lipinski definition) is 1. The van der Waals surface area contributed by atoms with Crippen LogP contribution in [0.2, 0.25) is 0 Å². The number of esters is 1. The molecule has 0 saturated carbocycles. The molecule has 0 aliphatic heterocycles. The number of nitrogens with zero attached hydrogens (tertiary/aromatic N) is 1. The third kappa shape index (κ3) is 5.46. The quantitative estimate of drug-likeness (QED) is 0.314. The van der Waals surface area contributed by atoms with Crippen molar-refractivity contribution < 1.29 is 23.5 Å². The highest BCUT2D eigenvalue weighted by Crippen LogP contribution is 2.21. The second-order valence-electron chi connectivity index (χ2n) is 6.90. The number of carbonyl (C=O) groups excluding carboxylic acids is 2. The molecular weight excluding hydrogens is 420 g/mol. The van der Waals surface area contributed by atoms with Gasteiger partial charge >= 0.3 is 5.97 Å². The average Bonchev–Trinajstić information content (AvgIpc) is 3.34. The number of ether oxygens (including phenoxy) is 2. The average molecular weight is 438 g/mol. The van der Waals surface area contributed by atoms with Gasteiger partial charge in [0.1, 0.15) is 29.9 Å². The van der Waals surface area contributed by atoms with E-state index in [-0.39, 0.29) is 18.3 Å². The van der Waals surface area contributed by atoms with E-state index in [4.69, 9.17) is 19.2 Å². The van der Waals surface area contributed by atoms with E-state index in [0.717, 1.165) is 0 Å². The number of amides is 1.